The van der Waals surface area contributed by atoms with E-state index in [0.29, 0.717) is 5.69 Å². The van der Waals surface area contributed by atoms with Crippen LogP contribution in [0.2, 0.25) is 0 Å². The molecule has 0 aliphatic rings. The number of benzene rings is 1. The minimum absolute atomic E-state index is 0.102. The molecule has 1 aromatic carbocycles. The Bertz CT molecular complexity index is 585. The Morgan fingerprint density at radius 3 is 2.55 bits per heavy atom. The third kappa shape index (κ3) is 3.20. The number of nitrogen functional groups attached to an aromatic ring is 1. The minimum Gasteiger partial charge on any atom is -0.484 e. The second-order valence-electron chi connectivity index (χ2n) is 4.26. The number of nitrogens with zero attached hydrogens (tertiary/aromatic N) is 1. The van der Waals surface area contributed by atoms with Crippen LogP contribution < -0.4 is 10.5 Å². The van der Waals surface area contributed by atoms with Gasteiger partial charge in [-0.25, -0.2) is 0 Å². The standard InChI is InChI=1S/C14H13F3N2O/c1-9(13-4-2-3-7-19-13)20-10-5-6-12(18)11(8-10)14(15,16)17/h2-9H,18H2,1H3/t9-/m1/s1. The van der Waals surface area contributed by atoms with Crippen molar-refractivity contribution in [1.82, 2.24) is 4.98 Å². The van der Waals surface area contributed by atoms with Gasteiger partial charge in [0, 0.05) is 11.9 Å². The maximum absolute atomic E-state index is 12.7. The first kappa shape index (κ1) is 14.2. The zero-order valence-corrected chi connectivity index (χ0v) is 10.7. The second kappa shape index (κ2) is 5.40. The third-order valence-corrected chi connectivity index (χ3v) is 2.75. The lowest BCUT2D eigenvalue weighted by Gasteiger charge is -2.16. The van der Waals surface area contributed by atoms with Crippen molar-refractivity contribution in [3.05, 3.63) is 53.9 Å². The Morgan fingerprint density at radius 1 is 1.20 bits per heavy atom. The van der Waals surface area contributed by atoms with Crippen LogP contribution in [0.3, 0.4) is 0 Å². The van der Waals surface area contributed by atoms with Gasteiger partial charge in [-0.15, -0.1) is 0 Å². The van der Waals surface area contributed by atoms with Gasteiger partial charge >= 0.3 is 6.18 Å². The molecule has 1 aromatic heterocycles. The van der Waals surface area contributed by atoms with E-state index in [1.165, 1.54) is 12.1 Å². The van der Waals surface area contributed by atoms with Gasteiger partial charge in [0.15, 0.2) is 0 Å². The van der Waals surface area contributed by atoms with Crippen LogP contribution in [0, 0.1) is 0 Å². The molecule has 6 heteroatoms. The molecule has 2 aromatic rings. The van der Waals surface area contributed by atoms with E-state index in [2.05, 4.69) is 4.98 Å². The van der Waals surface area contributed by atoms with Crippen LogP contribution in [0.15, 0.2) is 42.6 Å². The predicted molar refractivity (Wildman–Crippen MR) is 69.1 cm³/mol. The molecule has 0 saturated carbocycles. The highest BCUT2D eigenvalue weighted by Crippen LogP contribution is 2.36. The van der Waals surface area contributed by atoms with E-state index < -0.39 is 17.8 Å². The number of aromatic nitrogens is 1. The van der Waals surface area contributed by atoms with Crippen LogP contribution in [0.5, 0.6) is 5.75 Å². The van der Waals surface area contributed by atoms with Crippen molar-refractivity contribution in [1.29, 1.82) is 0 Å². The molecule has 2 N–H and O–H groups in total. The second-order valence-corrected chi connectivity index (χ2v) is 4.26. The average molecular weight is 282 g/mol. The number of hydrogen-bond acceptors (Lipinski definition) is 3. The van der Waals surface area contributed by atoms with Gasteiger partial charge in [0.1, 0.15) is 11.9 Å². The fourth-order valence-electron chi connectivity index (χ4n) is 1.74. The van der Waals surface area contributed by atoms with Crippen LogP contribution in [0.1, 0.15) is 24.3 Å². The molecule has 0 saturated heterocycles. The highest BCUT2D eigenvalue weighted by Gasteiger charge is 2.33. The summed E-state index contributed by atoms with van der Waals surface area (Å²) < 4.78 is 43.7. The molecule has 3 nitrogen and oxygen atoms in total. The molecular weight excluding hydrogens is 269 g/mol. The van der Waals surface area contributed by atoms with Gasteiger partial charge in [0.25, 0.3) is 0 Å². The van der Waals surface area contributed by atoms with Crippen LogP contribution in [0.25, 0.3) is 0 Å². The molecule has 0 fully saturated rings. The summed E-state index contributed by atoms with van der Waals surface area (Å²) in [4.78, 5) is 4.09. The Kier molecular flexibility index (Phi) is 3.83. The first-order valence-electron chi connectivity index (χ1n) is 5.92. The monoisotopic (exact) mass is 282 g/mol. The highest BCUT2D eigenvalue weighted by molar-refractivity contribution is 5.52. The number of anilines is 1. The summed E-state index contributed by atoms with van der Waals surface area (Å²) in [6.07, 6.45) is -3.36. The number of halogens is 3. The van der Waals surface area contributed by atoms with Gasteiger partial charge < -0.3 is 10.5 Å². The maximum atomic E-state index is 12.7. The first-order chi connectivity index (χ1) is 9.38. The molecule has 20 heavy (non-hydrogen) atoms. The Labute approximate surface area is 114 Å². The summed E-state index contributed by atoms with van der Waals surface area (Å²) in [7, 11) is 0. The van der Waals surface area contributed by atoms with E-state index in [-0.39, 0.29) is 11.4 Å². The van der Waals surface area contributed by atoms with E-state index in [1.807, 2.05) is 0 Å². The zero-order chi connectivity index (χ0) is 14.8. The summed E-state index contributed by atoms with van der Waals surface area (Å²) in [5.74, 6) is 0.102. The lowest BCUT2D eigenvalue weighted by atomic mass is 10.1. The van der Waals surface area contributed by atoms with E-state index in [1.54, 1.807) is 31.3 Å². The van der Waals surface area contributed by atoms with Crippen molar-refractivity contribution < 1.29 is 17.9 Å². The van der Waals surface area contributed by atoms with Crippen molar-refractivity contribution in [2.24, 2.45) is 0 Å². The van der Waals surface area contributed by atoms with Gasteiger partial charge in [-0.05, 0) is 37.3 Å². The molecule has 0 radical (unpaired) electrons. The predicted octanol–water partition coefficient (Wildman–Crippen LogP) is 3.82. The minimum atomic E-state index is -4.50. The summed E-state index contributed by atoms with van der Waals surface area (Å²) in [5.41, 5.74) is 4.74. The molecule has 0 unspecified atom stereocenters. The van der Waals surface area contributed by atoms with Crippen molar-refractivity contribution in [2.45, 2.75) is 19.2 Å². The fourth-order valence-corrected chi connectivity index (χ4v) is 1.74. The van der Waals surface area contributed by atoms with Gasteiger partial charge in [0.2, 0.25) is 0 Å². The van der Waals surface area contributed by atoms with Crippen LogP contribution in [-0.4, -0.2) is 4.98 Å². The molecule has 0 spiro atoms. The molecule has 0 aliphatic heterocycles. The smallest absolute Gasteiger partial charge is 0.418 e. The normalized spacial score (nSPS) is 13.0. The number of ether oxygens (including phenoxy) is 1. The van der Waals surface area contributed by atoms with E-state index in [0.717, 1.165) is 6.07 Å². The molecule has 2 rings (SSSR count). The largest absolute Gasteiger partial charge is 0.484 e. The zero-order valence-electron chi connectivity index (χ0n) is 10.7. The number of nitrogens with two attached hydrogens (primary N) is 1. The summed E-state index contributed by atoms with van der Waals surface area (Å²) in [6.45, 7) is 1.71. The van der Waals surface area contributed by atoms with Crippen molar-refractivity contribution in [2.75, 3.05) is 5.73 Å². The summed E-state index contributed by atoms with van der Waals surface area (Å²) in [6, 6.07) is 8.77. The van der Waals surface area contributed by atoms with Gasteiger partial charge in [-0.1, -0.05) is 6.07 Å². The number of rotatable bonds is 3. The van der Waals surface area contributed by atoms with E-state index in [4.69, 9.17) is 10.5 Å². The molecule has 106 valence electrons. The molecule has 1 atom stereocenters. The molecule has 0 bridgehead atoms. The van der Waals surface area contributed by atoms with Crippen molar-refractivity contribution >= 4 is 5.69 Å². The number of pyridine rings is 1. The molecule has 1 heterocycles. The SMILES string of the molecule is C[C@@H](Oc1ccc(N)c(C(F)(F)F)c1)c1ccccn1. The van der Waals surface area contributed by atoms with Crippen LogP contribution in [-0.2, 0) is 6.18 Å². The van der Waals surface area contributed by atoms with E-state index >= 15 is 0 Å². The fraction of sp³-hybridized carbons (Fsp3) is 0.214. The van der Waals surface area contributed by atoms with Crippen molar-refractivity contribution in [3.8, 4) is 5.75 Å². The lowest BCUT2D eigenvalue weighted by molar-refractivity contribution is -0.137. The molecule has 0 amide bonds. The topological polar surface area (TPSA) is 48.1 Å². The highest BCUT2D eigenvalue weighted by atomic mass is 19.4. The third-order valence-electron chi connectivity index (χ3n) is 2.75. The maximum Gasteiger partial charge on any atom is 0.418 e. The number of alkyl halides is 3. The Balaban J connectivity index is 2.22. The lowest BCUT2D eigenvalue weighted by Crippen LogP contribution is -2.10. The number of hydrogen-bond donors (Lipinski definition) is 1. The Morgan fingerprint density at radius 2 is 1.95 bits per heavy atom. The molecule has 0 aliphatic carbocycles. The van der Waals surface area contributed by atoms with Crippen molar-refractivity contribution in [3.63, 3.8) is 0 Å². The van der Waals surface area contributed by atoms with Crippen LogP contribution in [0.4, 0.5) is 18.9 Å². The summed E-state index contributed by atoms with van der Waals surface area (Å²) >= 11 is 0. The quantitative estimate of drug-likeness (QED) is 0.870. The Hall–Kier alpha value is -2.24. The van der Waals surface area contributed by atoms with Crippen LogP contribution >= 0.6 is 0 Å². The van der Waals surface area contributed by atoms with Gasteiger partial charge in [-0.3, -0.25) is 4.98 Å². The first-order valence-corrected chi connectivity index (χ1v) is 5.92. The van der Waals surface area contributed by atoms with Gasteiger partial charge in [0.05, 0.1) is 11.3 Å². The van der Waals surface area contributed by atoms with Gasteiger partial charge in [-0.2, -0.15) is 13.2 Å². The molecular formula is C14H13F3N2O. The summed E-state index contributed by atoms with van der Waals surface area (Å²) in [5, 5.41) is 0. The average Bonchev–Trinajstić information content (AvgIpc) is 2.40. The van der Waals surface area contributed by atoms with E-state index in [9.17, 15) is 13.2 Å².